The van der Waals surface area contributed by atoms with Crippen molar-refractivity contribution in [3.05, 3.63) is 53.1 Å². The predicted molar refractivity (Wildman–Crippen MR) is 116 cm³/mol. The van der Waals surface area contributed by atoms with Crippen LogP contribution < -0.4 is 15.4 Å². The maximum atomic E-state index is 12.8. The number of carbonyl (C=O) groups excluding carboxylic acids is 2. The first-order chi connectivity index (χ1) is 13.9. The zero-order valence-electron chi connectivity index (χ0n) is 16.9. The molecule has 2 unspecified atom stereocenters. The molecule has 1 aliphatic rings. The van der Waals surface area contributed by atoms with Crippen molar-refractivity contribution in [2.45, 2.75) is 52.3 Å². The lowest BCUT2D eigenvalue weighted by Crippen LogP contribution is -2.43. The molecule has 3 amide bonds. The largest absolute Gasteiger partial charge is 0.480 e. The third-order valence-electron chi connectivity index (χ3n) is 5.06. The maximum absolute atomic E-state index is 12.8. The summed E-state index contributed by atoms with van der Waals surface area (Å²) in [4.78, 5) is 27.0. The molecule has 0 aromatic heterocycles. The Morgan fingerprint density at radius 1 is 1.21 bits per heavy atom. The van der Waals surface area contributed by atoms with Gasteiger partial charge < -0.3 is 20.3 Å². The van der Waals surface area contributed by atoms with Crippen molar-refractivity contribution in [3.63, 3.8) is 0 Å². The summed E-state index contributed by atoms with van der Waals surface area (Å²) in [6.07, 6.45) is 0.972. The number of halogens is 1. The van der Waals surface area contributed by atoms with Gasteiger partial charge in [0.2, 0.25) is 0 Å². The second-order valence-electron chi connectivity index (χ2n) is 7.15. The fourth-order valence-corrected chi connectivity index (χ4v) is 3.45. The molecule has 0 aliphatic carbocycles. The second kappa shape index (κ2) is 9.18. The van der Waals surface area contributed by atoms with Gasteiger partial charge in [-0.2, -0.15) is 0 Å². The monoisotopic (exact) mass is 415 g/mol. The number of hydrogen-bond donors (Lipinski definition) is 2. The molecular formula is C22H26ClN3O3. The Kier molecular flexibility index (Phi) is 6.64. The van der Waals surface area contributed by atoms with Gasteiger partial charge >= 0.3 is 6.03 Å². The lowest BCUT2D eigenvalue weighted by Gasteiger charge is -2.28. The first-order valence-electron chi connectivity index (χ1n) is 9.84. The van der Waals surface area contributed by atoms with E-state index < -0.39 is 6.10 Å². The van der Waals surface area contributed by atoms with Gasteiger partial charge in [-0.05, 0) is 56.2 Å². The van der Waals surface area contributed by atoms with Crippen LogP contribution in [0.3, 0.4) is 0 Å². The zero-order valence-corrected chi connectivity index (χ0v) is 17.6. The van der Waals surface area contributed by atoms with E-state index in [0.717, 1.165) is 12.0 Å². The predicted octanol–water partition coefficient (Wildman–Crippen LogP) is 5.28. The normalized spacial score (nSPS) is 17.0. The number of rotatable bonds is 5. The summed E-state index contributed by atoms with van der Waals surface area (Å²) in [6, 6.07) is 12.1. The van der Waals surface area contributed by atoms with Crippen molar-refractivity contribution >= 4 is 34.9 Å². The van der Waals surface area contributed by atoms with Crippen molar-refractivity contribution in [1.29, 1.82) is 0 Å². The molecule has 29 heavy (non-hydrogen) atoms. The average molecular weight is 416 g/mol. The first kappa shape index (κ1) is 21.0. The number of anilines is 2. The van der Waals surface area contributed by atoms with Crippen LogP contribution in [0.2, 0.25) is 5.02 Å². The van der Waals surface area contributed by atoms with Gasteiger partial charge in [-0.1, -0.05) is 31.5 Å². The lowest BCUT2D eigenvalue weighted by atomic mass is 10.1. The third-order valence-corrected chi connectivity index (χ3v) is 5.30. The number of ether oxygens (including phenoxy) is 1. The molecule has 2 aromatic rings. The van der Waals surface area contributed by atoms with Gasteiger partial charge in [0.25, 0.3) is 5.91 Å². The van der Waals surface area contributed by atoms with Gasteiger partial charge in [0.1, 0.15) is 5.75 Å². The van der Waals surface area contributed by atoms with E-state index in [-0.39, 0.29) is 18.0 Å². The Balaban J connectivity index is 1.79. The Bertz CT molecular complexity index is 903. The lowest BCUT2D eigenvalue weighted by molar-refractivity contribution is -0.140. The molecule has 1 aliphatic heterocycles. The van der Waals surface area contributed by atoms with E-state index in [4.69, 9.17) is 16.3 Å². The van der Waals surface area contributed by atoms with Crippen LogP contribution in [0.4, 0.5) is 16.2 Å². The number of nitrogens with one attached hydrogen (secondary N) is 2. The van der Waals surface area contributed by atoms with Gasteiger partial charge in [0.05, 0.1) is 0 Å². The molecule has 2 atom stereocenters. The van der Waals surface area contributed by atoms with E-state index in [9.17, 15) is 9.59 Å². The van der Waals surface area contributed by atoms with Crippen LogP contribution in [-0.4, -0.2) is 29.0 Å². The minimum atomic E-state index is -0.491. The highest BCUT2D eigenvalue weighted by atomic mass is 35.5. The summed E-state index contributed by atoms with van der Waals surface area (Å²) in [5.41, 5.74) is 2.10. The molecule has 7 heteroatoms. The van der Waals surface area contributed by atoms with Gasteiger partial charge in [-0.15, -0.1) is 0 Å². The molecular weight excluding hydrogens is 390 g/mol. The Hall–Kier alpha value is -2.73. The van der Waals surface area contributed by atoms with E-state index >= 15 is 0 Å². The summed E-state index contributed by atoms with van der Waals surface area (Å²) < 4.78 is 5.98. The Labute approximate surface area is 176 Å². The molecule has 2 aromatic carbocycles. The molecule has 0 spiro atoms. The van der Waals surface area contributed by atoms with Crippen molar-refractivity contribution in [2.75, 3.05) is 10.6 Å². The summed E-state index contributed by atoms with van der Waals surface area (Å²) in [6.45, 7) is 6.49. The fourth-order valence-electron chi connectivity index (χ4n) is 3.26. The Morgan fingerprint density at radius 3 is 2.59 bits per heavy atom. The topological polar surface area (TPSA) is 70.7 Å². The molecule has 2 N–H and O–H groups in total. The minimum Gasteiger partial charge on any atom is -0.480 e. The van der Waals surface area contributed by atoms with Crippen LogP contribution in [0.5, 0.6) is 5.75 Å². The van der Waals surface area contributed by atoms with Crippen molar-refractivity contribution in [2.24, 2.45) is 0 Å². The molecule has 3 rings (SSSR count). The number of nitrogens with zero attached hydrogens (tertiary/aromatic N) is 1. The zero-order chi connectivity index (χ0) is 21.0. The molecule has 0 radical (unpaired) electrons. The molecule has 0 fully saturated rings. The number of urea groups is 1. The van der Waals surface area contributed by atoms with E-state index in [0.29, 0.717) is 35.1 Å². The summed E-state index contributed by atoms with van der Waals surface area (Å²) >= 11 is 5.95. The highest BCUT2D eigenvalue weighted by molar-refractivity contribution is 6.30. The Morgan fingerprint density at radius 2 is 1.93 bits per heavy atom. The molecule has 6 nitrogen and oxygen atoms in total. The first-order valence-corrected chi connectivity index (χ1v) is 10.2. The van der Waals surface area contributed by atoms with Crippen LogP contribution in [0.25, 0.3) is 0 Å². The van der Waals surface area contributed by atoms with Crippen LogP contribution in [0, 0.1) is 0 Å². The smallest absolute Gasteiger partial charge is 0.323 e. The van der Waals surface area contributed by atoms with Gasteiger partial charge in [-0.3, -0.25) is 4.79 Å². The van der Waals surface area contributed by atoms with Gasteiger partial charge in [0, 0.05) is 34.5 Å². The number of fused-ring (bicyclic) bond motifs is 1. The van der Waals surface area contributed by atoms with Crippen LogP contribution in [0.15, 0.2) is 42.5 Å². The fraction of sp³-hybridized carbons (Fsp3) is 0.364. The van der Waals surface area contributed by atoms with E-state index in [1.807, 2.05) is 24.8 Å². The average Bonchev–Trinajstić information content (AvgIpc) is 2.83. The van der Waals surface area contributed by atoms with Crippen LogP contribution in [0.1, 0.15) is 39.2 Å². The van der Waals surface area contributed by atoms with Crippen LogP contribution in [-0.2, 0) is 11.3 Å². The van der Waals surface area contributed by atoms with Crippen LogP contribution >= 0.6 is 11.6 Å². The van der Waals surface area contributed by atoms with Crippen molar-refractivity contribution in [3.8, 4) is 5.75 Å². The van der Waals surface area contributed by atoms with Crippen molar-refractivity contribution < 1.29 is 14.3 Å². The molecule has 154 valence electrons. The third kappa shape index (κ3) is 5.01. The minimum absolute atomic E-state index is 0.00579. The summed E-state index contributed by atoms with van der Waals surface area (Å²) in [7, 11) is 0. The number of benzene rings is 2. The highest BCUT2D eigenvalue weighted by Gasteiger charge is 2.32. The second-order valence-corrected chi connectivity index (χ2v) is 7.59. The van der Waals surface area contributed by atoms with Crippen molar-refractivity contribution in [1.82, 2.24) is 4.90 Å². The van der Waals surface area contributed by atoms with E-state index in [1.54, 1.807) is 36.4 Å². The SMILES string of the molecule is CCC1Oc2ccc(NC(=O)Nc3cccc(Cl)c3)cc2CN(C(C)CC)C1=O. The number of carbonyl (C=O) groups is 2. The van der Waals surface area contributed by atoms with Gasteiger partial charge in [0.15, 0.2) is 6.10 Å². The van der Waals surface area contributed by atoms with Gasteiger partial charge in [-0.25, -0.2) is 4.79 Å². The molecule has 1 heterocycles. The molecule has 0 bridgehead atoms. The summed E-state index contributed by atoms with van der Waals surface area (Å²) in [5.74, 6) is 0.683. The maximum Gasteiger partial charge on any atom is 0.323 e. The standard InChI is InChI=1S/C22H26ClN3O3/c1-4-14(3)26-13-15-11-18(9-10-20(15)29-19(5-2)21(26)27)25-22(28)24-17-8-6-7-16(23)12-17/h6-12,14,19H,4-5,13H2,1-3H3,(H2,24,25,28). The highest BCUT2D eigenvalue weighted by Crippen LogP contribution is 2.30. The molecule has 0 saturated heterocycles. The van der Waals surface area contributed by atoms with E-state index in [1.165, 1.54) is 0 Å². The number of hydrogen-bond acceptors (Lipinski definition) is 3. The molecule has 0 saturated carbocycles. The number of amides is 3. The quantitative estimate of drug-likeness (QED) is 0.697. The van der Waals surface area contributed by atoms with E-state index in [2.05, 4.69) is 17.6 Å². The summed E-state index contributed by atoms with van der Waals surface area (Å²) in [5, 5.41) is 6.12.